The summed E-state index contributed by atoms with van der Waals surface area (Å²) in [5.74, 6) is -0.801. The maximum absolute atomic E-state index is 12.3. The average molecular weight is 339 g/mol. The third kappa shape index (κ3) is 4.47. The van der Waals surface area contributed by atoms with Crippen molar-refractivity contribution in [3.8, 4) is 0 Å². The number of fused-ring (bicyclic) bond motifs is 1. The summed E-state index contributed by atoms with van der Waals surface area (Å²) < 4.78 is 5.46. The lowest BCUT2D eigenvalue weighted by Gasteiger charge is -2.30. The Morgan fingerprint density at radius 2 is 2.04 bits per heavy atom. The number of rotatable bonds is 4. The number of hydrogen-bond donors (Lipinski definition) is 1. The SMILES string of the molecule is CCCc1c(CC(=O)O)sc2c1CN(C(=O)OC(C)(C)C)CC2. The van der Waals surface area contributed by atoms with Crippen LogP contribution >= 0.6 is 11.3 Å². The van der Waals surface area contributed by atoms with Crippen LogP contribution in [0.4, 0.5) is 4.79 Å². The summed E-state index contributed by atoms with van der Waals surface area (Å²) in [5.41, 5.74) is 1.76. The smallest absolute Gasteiger partial charge is 0.410 e. The standard InChI is InChI=1S/C17H25NO4S/c1-5-6-11-12-10-18(16(21)22-17(2,3)4)8-7-13(12)23-14(11)9-15(19)20/h5-10H2,1-4H3,(H,19,20). The Morgan fingerprint density at radius 1 is 1.35 bits per heavy atom. The maximum Gasteiger partial charge on any atom is 0.410 e. The predicted octanol–water partition coefficient (Wildman–Crippen LogP) is 3.62. The van der Waals surface area contributed by atoms with Gasteiger partial charge in [-0.05, 0) is 44.7 Å². The minimum Gasteiger partial charge on any atom is -0.481 e. The minimum atomic E-state index is -0.801. The van der Waals surface area contributed by atoms with E-state index in [0.717, 1.165) is 35.3 Å². The highest BCUT2D eigenvalue weighted by Crippen LogP contribution is 2.35. The molecule has 0 fully saturated rings. The van der Waals surface area contributed by atoms with E-state index in [9.17, 15) is 9.59 Å². The third-order valence-corrected chi connectivity index (χ3v) is 5.04. The number of amides is 1. The van der Waals surface area contributed by atoms with E-state index >= 15 is 0 Å². The number of nitrogens with zero attached hydrogens (tertiary/aromatic N) is 1. The molecule has 1 N–H and O–H groups in total. The first-order valence-corrected chi connectivity index (χ1v) is 8.85. The molecule has 2 heterocycles. The van der Waals surface area contributed by atoms with Crippen molar-refractivity contribution < 1.29 is 19.4 Å². The maximum atomic E-state index is 12.3. The molecule has 0 bridgehead atoms. The highest BCUT2D eigenvalue weighted by atomic mass is 32.1. The molecule has 1 aliphatic rings. The molecule has 0 aromatic carbocycles. The van der Waals surface area contributed by atoms with Gasteiger partial charge in [-0.2, -0.15) is 0 Å². The monoisotopic (exact) mass is 339 g/mol. The molecule has 1 amide bonds. The Morgan fingerprint density at radius 3 is 2.61 bits per heavy atom. The number of ether oxygens (including phenoxy) is 1. The summed E-state index contributed by atoms with van der Waals surface area (Å²) in [7, 11) is 0. The van der Waals surface area contributed by atoms with Crippen LogP contribution in [-0.4, -0.2) is 34.2 Å². The van der Waals surface area contributed by atoms with Crippen molar-refractivity contribution in [1.29, 1.82) is 0 Å². The number of thiophene rings is 1. The summed E-state index contributed by atoms with van der Waals surface area (Å²) in [6, 6.07) is 0. The normalized spacial score (nSPS) is 14.5. The first-order chi connectivity index (χ1) is 10.7. The molecule has 0 radical (unpaired) electrons. The molecule has 0 atom stereocenters. The number of carbonyl (C=O) groups is 2. The Labute approximate surface area is 141 Å². The van der Waals surface area contributed by atoms with Crippen LogP contribution in [-0.2, 0) is 35.3 Å². The first kappa shape index (κ1) is 17.8. The third-order valence-electron chi connectivity index (χ3n) is 3.71. The van der Waals surface area contributed by atoms with Gasteiger partial charge in [-0.15, -0.1) is 11.3 Å². The largest absolute Gasteiger partial charge is 0.481 e. The quantitative estimate of drug-likeness (QED) is 0.910. The lowest BCUT2D eigenvalue weighted by atomic mass is 9.99. The molecule has 1 aromatic rings. The summed E-state index contributed by atoms with van der Waals surface area (Å²) >= 11 is 1.60. The fraction of sp³-hybridized carbons (Fsp3) is 0.647. The van der Waals surface area contributed by atoms with Gasteiger partial charge in [0.05, 0.1) is 13.0 Å². The van der Waals surface area contributed by atoms with E-state index < -0.39 is 11.6 Å². The Kier molecular flexibility index (Phi) is 5.34. The molecule has 2 rings (SSSR count). The van der Waals surface area contributed by atoms with Gasteiger partial charge in [-0.25, -0.2) is 4.79 Å². The molecule has 1 aromatic heterocycles. The Hall–Kier alpha value is -1.56. The highest BCUT2D eigenvalue weighted by Gasteiger charge is 2.29. The second kappa shape index (κ2) is 6.91. The van der Waals surface area contributed by atoms with Crippen molar-refractivity contribution in [2.45, 2.75) is 65.5 Å². The molecule has 0 aliphatic carbocycles. The molecular weight excluding hydrogens is 314 g/mol. The van der Waals surface area contributed by atoms with E-state index in [1.807, 2.05) is 20.8 Å². The molecule has 1 aliphatic heterocycles. The van der Waals surface area contributed by atoms with E-state index in [4.69, 9.17) is 9.84 Å². The Balaban J connectivity index is 2.23. The molecular formula is C17H25NO4S. The second-order valence-electron chi connectivity index (χ2n) is 6.88. The number of aliphatic carboxylic acids is 1. The van der Waals surface area contributed by atoms with Crippen LogP contribution in [0.2, 0.25) is 0 Å². The van der Waals surface area contributed by atoms with E-state index in [1.54, 1.807) is 16.2 Å². The van der Waals surface area contributed by atoms with Gasteiger partial charge in [0, 0.05) is 16.3 Å². The molecule has 5 nitrogen and oxygen atoms in total. The summed E-state index contributed by atoms with van der Waals surface area (Å²) in [6.45, 7) is 8.81. The number of carbonyl (C=O) groups excluding carboxylic acids is 1. The molecule has 0 saturated heterocycles. The summed E-state index contributed by atoms with van der Waals surface area (Å²) in [4.78, 5) is 27.3. The first-order valence-electron chi connectivity index (χ1n) is 8.03. The molecule has 23 heavy (non-hydrogen) atoms. The van der Waals surface area contributed by atoms with Crippen molar-refractivity contribution in [3.05, 3.63) is 20.9 Å². The van der Waals surface area contributed by atoms with Gasteiger partial charge in [0.15, 0.2) is 0 Å². The minimum absolute atomic E-state index is 0.0689. The molecule has 0 saturated carbocycles. The van der Waals surface area contributed by atoms with E-state index in [2.05, 4.69) is 6.92 Å². The van der Waals surface area contributed by atoms with E-state index in [-0.39, 0.29) is 12.5 Å². The summed E-state index contributed by atoms with van der Waals surface area (Å²) in [6.07, 6.45) is 2.37. The fourth-order valence-electron chi connectivity index (χ4n) is 2.80. The fourth-order valence-corrected chi connectivity index (χ4v) is 4.15. The van der Waals surface area contributed by atoms with Crippen LogP contribution in [0.3, 0.4) is 0 Å². The zero-order valence-corrected chi connectivity index (χ0v) is 15.1. The van der Waals surface area contributed by atoms with Crippen LogP contribution < -0.4 is 0 Å². The van der Waals surface area contributed by atoms with E-state index in [0.29, 0.717) is 13.1 Å². The van der Waals surface area contributed by atoms with Gasteiger partial charge < -0.3 is 14.7 Å². The van der Waals surface area contributed by atoms with Crippen LogP contribution in [0.15, 0.2) is 0 Å². The van der Waals surface area contributed by atoms with Crippen LogP contribution in [0, 0.1) is 0 Å². The van der Waals surface area contributed by atoms with Crippen molar-refractivity contribution in [1.82, 2.24) is 4.90 Å². The molecule has 0 spiro atoms. The molecule has 128 valence electrons. The average Bonchev–Trinajstić information content (AvgIpc) is 2.74. The number of hydrogen-bond acceptors (Lipinski definition) is 4. The lowest BCUT2D eigenvalue weighted by molar-refractivity contribution is -0.136. The number of carboxylic acid groups (broad SMARTS) is 1. The predicted molar refractivity (Wildman–Crippen MR) is 90.0 cm³/mol. The van der Waals surface area contributed by atoms with Crippen molar-refractivity contribution in [2.24, 2.45) is 0 Å². The molecule has 6 heteroatoms. The van der Waals surface area contributed by atoms with Gasteiger partial charge >= 0.3 is 12.1 Å². The summed E-state index contributed by atoms with van der Waals surface area (Å²) in [5, 5.41) is 9.11. The van der Waals surface area contributed by atoms with E-state index in [1.165, 1.54) is 4.88 Å². The number of carboxylic acids is 1. The van der Waals surface area contributed by atoms with Crippen LogP contribution in [0.5, 0.6) is 0 Å². The van der Waals surface area contributed by atoms with Crippen molar-refractivity contribution in [2.75, 3.05) is 6.54 Å². The lowest BCUT2D eigenvalue weighted by Crippen LogP contribution is -2.39. The van der Waals surface area contributed by atoms with Crippen molar-refractivity contribution >= 4 is 23.4 Å². The topological polar surface area (TPSA) is 66.8 Å². The zero-order chi connectivity index (χ0) is 17.2. The zero-order valence-electron chi connectivity index (χ0n) is 14.3. The van der Waals surface area contributed by atoms with Crippen molar-refractivity contribution in [3.63, 3.8) is 0 Å². The second-order valence-corrected chi connectivity index (χ2v) is 8.07. The highest BCUT2D eigenvalue weighted by molar-refractivity contribution is 7.12. The Bertz CT molecular complexity index is 600. The van der Waals surface area contributed by atoms with Gasteiger partial charge in [-0.3, -0.25) is 4.79 Å². The van der Waals surface area contributed by atoms with Gasteiger partial charge in [-0.1, -0.05) is 13.3 Å². The van der Waals surface area contributed by atoms with Crippen LogP contribution in [0.25, 0.3) is 0 Å². The van der Waals surface area contributed by atoms with Gasteiger partial charge in [0.25, 0.3) is 0 Å². The van der Waals surface area contributed by atoms with Gasteiger partial charge in [0.1, 0.15) is 5.60 Å². The molecule has 0 unspecified atom stereocenters. The van der Waals surface area contributed by atoms with Crippen LogP contribution in [0.1, 0.15) is 55.0 Å². The van der Waals surface area contributed by atoms with Gasteiger partial charge in [0.2, 0.25) is 0 Å².